The van der Waals surface area contributed by atoms with E-state index in [1.807, 2.05) is 12.3 Å². The van der Waals surface area contributed by atoms with Crippen LogP contribution in [0.15, 0.2) is 48.8 Å². The average Bonchev–Trinajstić information content (AvgIpc) is 2.41. The zero-order valence-corrected chi connectivity index (χ0v) is 11.6. The SMILES string of the molecule is Nc1ccncc1CC(N)C1(c2ccccc2)CCC1. The molecular weight excluding hydrogens is 246 g/mol. The molecule has 0 spiro atoms. The van der Waals surface area contributed by atoms with Gasteiger partial charge in [-0.15, -0.1) is 0 Å². The molecular formula is C17H21N3. The Morgan fingerprint density at radius 1 is 1.15 bits per heavy atom. The van der Waals surface area contributed by atoms with Gasteiger partial charge in [0.2, 0.25) is 0 Å². The topological polar surface area (TPSA) is 64.9 Å². The van der Waals surface area contributed by atoms with Crippen LogP contribution in [-0.2, 0) is 11.8 Å². The lowest BCUT2D eigenvalue weighted by molar-refractivity contribution is 0.194. The Morgan fingerprint density at radius 3 is 2.50 bits per heavy atom. The number of nitrogens with two attached hydrogens (primary N) is 2. The molecule has 1 aromatic carbocycles. The van der Waals surface area contributed by atoms with E-state index in [4.69, 9.17) is 11.5 Å². The normalized spacial score (nSPS) is 18.2. The van der Waals surface area contributed by atoms with E-state index in [1.54, 1.807) is 6.20 Å². The Bertz CT molecular complexity index is 576. The van der Waals surface area contributed by atoms with Crippen LogP contribution in [0.3, 0.4) is 0 Å². The summed E-state index contributed by atoms with van der Waals surface area (Å²) < 4.78 is 0. The molecule has 20 heavy (non-hydrogen) atoms. The average molecular weight is 267 g/mol. The second kappa shape index (κ2) is 5.25. The van der Waals surface area contributed by atoms with Crippen molar-refractivity contribution in [2.45, 2.75) is 37.1 Å². The Balaban J connectivity index is 1.85. The van der Waals surface area contributed by atoms with Crippen molar-refractivity contribution < 1.29 is 0 Å². The van der Waals surface area contributed by atoms with Gasteiger partial charge in [-0.05, 0) is 36.5 Å². The van der Waals surface area contributed by atoms with Crippen LogP contribution in [0.5, 0.6) is 0 Å². The van der Waals surface area contributed by atoms with Crippen LogP contribution in [0.4, 0.5) is 5.69 Å². The molecule has 0 saturated heterocycles. The molecule has 2 aromatic rings. The third-order valence-electron chi connectivity index (χ3n) is 4.69. The molecule has 3 nitrogen and oxygen atoms in total. The molecule has 1 aliphatic carbocycles. The van der Waals surface area contributed by atoms with Gasteiger partial charge in [0.25, 0.3) is 0 Å². The van der Waals surface area contributed by atoms with Gasteiger partial charge in [-0.25, -0.2) is 0 Å². The van der Waals surface area contributed by atoms with Gasteiger partial charge in [-0.2, -0.15) is 0 Å². The standard InChI is InChI=1S/C17H21N3/c18-15-7-10-20-12-13(15)11-16(19)17(8-4-9-17)14-5-2-1-3-6-14/h1-3,5-7,10,12,16H,4,8-9,11,19H2,(H2,18,20). The predicted molar refractivity (Wildman–Crippen MR) is 82.3 cm³/mol. The van der Waals surface area contributed by atoms with Gasteiger partial charge in [0.1, 0.15) is 0 Å². The zero-order chi connectivity index (χ0) is 14.0. The summed E-state index contributed by atoms with van der Waals surface area (Å²) in [5, 5.41) is 0. The molecule has 1 aliphatic rings. The lowest BCUT2D eigenvalue weighted by Gasteiger charge is -2.47. The first-order chi connectivity index (χ1) is 9.72. The molecule has 0 radical (unpaired) electrons. The lowest BCUT2D eigenvalue weighted by Crippen LogP contribution is -2.51. The minimum atomic E-state index is 0.0881. The first-order valence-corrected chi connectivity index (χ1v) is 7.22. The number of nitrogen functional groups attached to an aromatic ring is 1. The van der Waals surface area contributed by atoms with E-state index in [0.717, 1.165) is 17.7 Å². The molecule has 1 saturated carbocycles. The quantitative estimate of drug-likeness (QED) is 0.895. The third-order valence-corrected chi connectivity index (χ3v) is 4.69. The van der Waals surface area contributed by atoms with Crippen molar-refractivity contribution in [3.8, 4) is 0 Å². The van der Waals surface area contributed by atoms with Gasteiger partial charge >= 0.3 is 0 Å². The van der Waals surface area contributed by atoms with Crippen LogP contribution < -0.4 is 11.5 Å². The van der Waals surface area contributed by atoms with Crippen molar-refractivity contribution in [3.63, 3.8) is 0 Å². The molecule has 1 fully saturated rings. The zero-order valence-electron chi connectivity index (χ0n) is 11.6. The van der Waals surface area contributed by atoms with Gasteiger partial charge in [-0.3, -0.25) is 4.98 Å². The molecule has 1 unspecified atom stereocenters. The maximum absolute atomic E-state index is 6.56. The highest BCUT2D eigenvalue weighted by Crippen LogP contribution is 2.46. The van der Waals surface area contributed by atoms with Crippen LogP contribution in [-0.4, -0.2) is 11.0 Å². The molecule has 1 heterocycles. The second-order valence-electron chi connectivity index (χ2n) is 5.76. The fraction of sp³-hybridized carbons (Fsp3) is 0.353. The summed E-state index contributed by atoms with van der Waals surface area (Å²) in [6.07, 6.45) is 7.93. The predicted octanol–water partition coefficient (Wildman–Crippen LogP) is 2.66. The number of anilines is 1. The van der Waals surface area contributed by atoms with Gasteiger partial charge in [0.15, 0.2) is 0 Å². The fourth-order valence-corrected chi connectivity index (χ4v) is 3.24. The molecule has 0 bridgehead atoms. The Hall–Kier alpha value is -1.87. The van der Waals surface area contributed by atoms with E-state index in [-0.39, 0.29) is 11.5 Å². The monoisotopic (exact) mass is 267 g/mol. The first kappa shape index (κ1) is 13.1. The van der Waals surface area contributed by atoms with Gasteiger partial charge in [0.05, 0.1) is 0 Å². The minimum absolute atomic E-state index is 0.0881. The number of rotatable bonds is 4. The summed E-state index contributed by atoms with van der Waals surface area (Å²) in [5.74, 6) is 0. The summed E-state index contributed by atoms with van der Waals surface area (Å²) in [4.78, 5) is 4.16. The van der Waals surface area contributed by atoms with E-state index in [9.17, 15) is 0 Å². The fourth-order valence-electron chi connectivity index (χ4n) is 3.24. The molecule has 1 aromatic heterocycles. The highest BCUT2D eigenvalue weighted by Gasteiger charge is 2.43. The number of aromatic nitrogens is 1. The van der Waals surface area contributed by atoms with Gasteiger partial charge < -0.3 is 11.5 Å². The summed E-state index contributed by atoms with van der Waals surface area (Å²) in [6, 6.07) is 12.6. The van der Waals surface area contributed by atoms with E-state index in [1.165, 1.54) is 24.8 Å². The van der Waals surface area contributed by atoms with Crippen LogP contribution in [0.25, 0.3) is 0 Å². The lowest BCUT2D eigenvalue weighted by atomic mass is 9.59. The number of nitrogens with zero attached hydrogens (tertiary/aromatic N) is 1. The Labute approximate surface area is 120 Å². The third kappa shape index (κ3) is 2.18. The van der Waals surface area contributed by atoms with E-state index >= 15 is 0 Å². The van der Waals surface area contributed by atoms with Crippen LogP contribution in [0, 0.1) is 0 Å². The van der Waals surface area contributed by atoms with Crippen molar-refractivity contribution in [2.75, 3.05) is 5.73 Å². The van der Waals surface area contributed by atoms with Crippen molar-refractivity contribution in [3.05, 3.63) is 59.9 Å². The van der Waals surface area contributed by atoms with Crippen LogP contribution in [0.1, 0.15) is 30.4 Å². The van der Waals surface area contributed by atoms with Crippen molar-refractivity contribution in [1.29, 1.82) is 0 Å². The number of pyridine rings is 1. The molecule has 0 aliphatic heterocycles. The van der Waals surface area contributed by atoms with Crippen molar-refractivity contribution in [1.82, 2.24) is 4.98 Å². The number of benzene rings is 1. The maximum atomic E-state index is 6.56. The summed E-state index contributed by atoms with van der Waals surface area (Å²) in [6.45, 7) is 0. The van der Waals surface area contributed by atoms with E-state index in [0.29, 0.717) is 0 Å². The minimum Gasteiger partial charge on any atom is -0.398 e. The summed E-state index contributed by atoms with van der Waals surface area (Å²) >= 11 is 0. The van der Waals surface area contributed by atoms with E-state index in [2.05, 4.69) is 35.3 Å². The molecule has 4 N–H and O–H groups in total. The van der Waals surface area contributed by atoms with Crippen molar-refractivity contribution in [2.24, 2.45) is 5.73 Å². The van der Waals surface area contributed by atoms with Crippen molar-refractivity contribution >= 4 is 5.69 Å². The molecule has 3 rings (SSSR count). The highest BCUT2D eigenvalue weighted by molar-refractivity contribution is 5.45. The van der Waals surface area contributed by atoms with Crippen LogP contribution >= 0.6 is 0 Å². The number of hydrogen-bond donors (Lipinski definition) is 2. The van der Waals surface area contributed by atoms with E-state index < -0.39 is 0 Å². The molecule has 1 atom stereocenters. The second-order valence-corrected chi connectivity index (χ2v) is 5.76. The molecule has 3 heteroatoms. The Morgan fingerprint density at radius 2 is 1.90 bits per heavy atom. The maximum Gasteiger partial charge on any atom is 0.0378 e. The van der Waals surface area contributed by atoms with Crippen LogP contribution in [0.2, 0.25) is 0 Å². The van der Waals surface area contributed by atoms with Gasteiger partial charge in [0, 0.05) is 29.5 Å². The van der Waals surface area contributed by atoms with Gasteiger partial charge in [-0.1, -0.05) is 36.8 Å². The Kier molecular flexibility index (Phi) is 3.45. The largest absolute Gasteiger partial charge is 0.398 e. The number of hydrogen-bond acceptors (Lipinski definition) is 3. The smallest absolute Gasteiger partial charge is 0.0378 e. The molecule has 0 amide bonds. The first-order valence-electron chi connectivity index (χ1n) is 7.22. The summed E-state index contributed by atoms with van der Waals surface area (Å²) in [7, 11) is 0. The summed E-state index contributed by atoms with van der Waals surface area (Å²) in [5.41, 5.74) is 15.9. The highest BCUT2D eigenvalue weighted by atomic mass is 14.7. The molecule has 104 valence electrons.